The first-order valence-corrected chi connectivity index (χ1v) is 8.71. The molecule has 0 aromatic heterocycles. The SMILES string of the molecule is O=C(COC(=O)C[C@H]1C[C@@H]2CC[C@H]1C2)Nc1ccc(Br)cc1F. The largest absolute Gasteiger partial charge is 0.456 e. The highest BCUT2D eigenvalue weighted by atomic mass is 79.9. The zero-order valence-corrected chi connectivity index (χ0v) is 14.3. The molecule has 0 saturated heterocycles. The molecule has 2 saturated carbocycles. The van der Waals surface area contributed by atoms with Crippen molar-refractivity contribution in [2.45, 2.75) is 32.1 Å². The Labute approximate surface area is 142 Å². The van der Waals surface area contributed by atoms with Crippen LogP contribution in [0.3, 0.4) is 0 Å². The number of esters is 1. The number of hydrogen-bond donors (Lipinski definition) is 1. The van der Waals surface area contributed by atoms with Gasteiger partial charge in [0.05, 0.1) is 5.69 Å². The van der Waals surface area contributed by atoms with Gasteiger partial charge in [0.2, 0.25) is 0 Å². The highest BCUT2D eigenvalue weighted by Gasteiger charge is 2.40. The molecule has 0 aliphatic heterocycles. The lowest BCUT2D eigenvalue weighted by molar-refractivity contribution is -0.148. The van der Waals surface area contributed by atoms with Gasteiger partial charge in [0.1, 0.15) is 5.82 Å². The van der Waals surface area contributed by atoms with Gasteiger partial charge in [-0.05, 0) is 55.2 Å². The van der Waals surface area contributed by atoms with Crippen LogP contribution in [0.4, 0.5) is 10.1 Å². The maximum Gasteiger partial charge on any atom is 0.306 e. The third-order valence-electron chi connectivity index (χ3n) is 4.88. The van der Waals surface area contributed by atoms with E-state index in [-0.39, 0.29) is 18.3 Å². The van der Waals surface area contributed by atoms with Crippen LogP contribution in [-0.4, -0.2) is 18.5 Å². The monoisotopic (exact) mass is 383 g/mol. The number of anilines is 1. The van der Waals surface area contributed by atoms with Crippen LogP contribution in [0.5, 0.6) is 0 Å². The number of halogens is 2. The Morgan fingerprint density at radius 2 is 2.13 bits per heavy atom. The number of ether oxygens (including phenoxy) is 1. The van der Waals surface area contributed by atoms with Crippen LogP contribution in [0.2, 0.25) is 0 Å². The number of benzene rings is 1. The standard InChI is InChI=1S/C17H19BrFNO3/c18-13-3-4-15(14(19)8-13)20-16(21)9-23-17(22)7-12-6-10-1-2-11(12)5-10/h3-4,8,10-12H,1-2,5-7,9H2,(H,20,21)/t10-,11+,12-/m1/s1. The van der Waals surface area contributed by atoms with Crippen molar-refractivity contribution in [3.8, 4) is 0 Å². The molecule has 23 heavy (non-hydrogen) atoms. The van der Waals surface area contributed by atoms with Crippen molar-refractivity contribution in [1.29, 1.82) is 0 Å². The molecule has 2 aliphatic rings. The van der Waals surface area contributed by atoms with Crippen LogP contribution in [0, 0.1) is 23.6 Å². The first-order valence-electron chi connectivity index (χ1n) is 7.92. The summed E-state index contributed by atoms with van der Waals surface area (Å²) in [5.41, 5.74) is 0.0716. The van der Waals surface area contributed by atoms with E-state index >= 15 is 0 Å². The zero-order valence-electron chi connectivity index (χ0n) is 12.7. The van der Waals surface area contributed by atoms with Gasteiger partial charge in [-0.2, -0.15) is 0 Å². The Balaban J connectivity index is 1.42. The molecule has 6 heteroatoms. The first-order chi connectivity index (χ1) is 11.0. The molecule has 4 nitrogen and oxygen atoms in total. The molecule has 1 aromatic rings. The van der Waals surface area contributed by atoms with Crippen molar-refractivity contribution >= 4 is 33.5 Å². The second-order valence-corrected chi connectivity index (χ2v) is 7.39. The van der Waals surface area contributed by atoms with Gasteiger partial charge >= 0.3 is 5.97 Å². The van der Waals surface area contributed by atoms with Crippen LogP contribution in [0.1, 0.15) is 32.1 Å². The molecular weight excluding hydrogens is 365 g/mol. The summed E-state index contributed by atoms with van der Waals surface area (Å²) in [5.74, 6) is 0.426. The van der Waals surface area contributed by atoms with E-state index in [4.69, 9.17) is 4.74 Å². The molecule has 0 spiro atoms. The highest BCUT2D eigenvalue weighted by Crippen LogP contribution is 2.49. The number of nitrogens with one attached hydrogen (secondary N) is 1. The fraction of sp³-hybridized carbons (Fsp3) is 0.529. The summed E-state index contributed by atoms with van der Waals surface area (Å²) in [5, 5.41) is 2.40. The number of rotatable bonds is 5. The minimum Gasteiger partial charge on any atom is -0.456 e. The molecule has 1 amide bonds. The van der Waals surface area contributed by atoms with Gasteiger partial charge in [-0.3, -0.25) is 9.59 Å². The predicted octanol–water partition coefficient (Wildman–Crippen LogP) is 3.90. The number of carbonyl (C=O) groups is 2. The van der Waals surface area contributed by atoms with Crippen molar-refractivity contribution < 1.29 is 18.7 Å². The van der Waals surface area contributed by atoms with E-state index < -0.39 is 11.7 Å². The first kappa shape index (κ1) is 16.4. The van der Waals surface area contributed by atoms with E-state index in [2.05, 4.69) is 21.2 Å². The number of amides is 1. The lowest BCUT2D eigenvalue weighted by Gasteiger charge is -2.20. The summed E-state index contributed by atoms with van der Waals surface area (Å²) in [6.07, 6.45) is 5.24. The fourth-order valence-electron chi connectivity index (χ4n) is 3.82. The summed E-state index contributed by atoms with van der Waals surface area (Å²) in [6.45, 7) is -0.380. The molecule has 1 N–H and O–H groups in total. The third-order valence-corrected chi connectivity index (χ3v) is 5.38. The molecule has 0 heterocycles. The van der Waals surface area contributed by atoms with Crippen molar-refractivity contribution in [2.75, 3.05) is 11.9 Å². The Hall–Kier alpha value is -1.43. The highest BCUT2D eigenvalue weighted by molar-refractivity contribution is 9.10. The van der Waals surface area contributed by atoms with Gasteiger partial charge < -0.3 is 10.1 Å². The summed E-state index contributed by atoms with van der Waals surface area (Å²) in [4.78, 5) is 23.6. The van der Waals surface area contributed by atoms with E-state index in [0.29, 0.717) is 22.7 Å². The number of fused-ring (bicyclic) bond motifs is 2. The molecule has 3 rings (SSSR count). The third kappa shape index (κ3) is 4.10. The van der Waals surface area contributed by atoms with Crippen molar-refractivity contribution in [1.82, 2.24) is 0 Å². The minimum absolute atomic E-state index is 0.0716. The minimum atomic E-state index is -0.541. The van der Waals surface area contributed by atoms with E-state index in [1.165, 1.54) is 31.4 Å². The predicted molar refractivity (Wildman–Crippen MR) is 87.2 cm³/mol. The van der Waals surface area contributed by atoms with Gasteiger partial charge in [-0.25, -0.2) is 4.39 Å². The maximum atomic E-state index is 13.6. The lowest BCUT2D eigenvalue weighted by Crippen LogP contribution is -2.23. The van der Waals surface area contributed by atoms with Crippen LogP contribution < -0.4 is 5.32 Å². The van der Waals surface area contributed by atoms with Gasteiger partial charge in [0.15, 0.2) is 6.61 Å². The molecule has 1 aromatic carbocycles. The van der Waals surface area contributed by atoms with E-state index in [0.717, 1.165) is 12.3 Å². The number of carbonyl (C=O) groups excluding carboxylic acids is 2. The van der Waals surface area contributed by atoms with Gasteiger partial charge in [0.25, 0.3) is 5.91 Å². The fourth-order valence-corrected chi connectivity index (χ4v) is 4.16. The Bertz CT molecular complexity index is 622. The molecule has 2 aliphatic carbocycles. The second kappa shape index (κ2) is 6.99. The quantitative estimate of drug-likeness (QED) is 0.784. The molecule has 124 valence electrons. The second-order valence-electron chi connectivity index (χ2n) is 6.47. The van der Waals surface area contributed by atoms with E-state index in [1.54, 1.807) is 6.07 Å². The Morgan fingerprint density at radius 3 is 2.78 bits per heavy atom. The Kier molecular flexibility index (Phi) is 4.99. The smallest absolute Gasteiger partial charge is 0.306 e. The van der Waals surface area contributed by atoms with E-state index in [9.17, 15) is 14.0 Å². The molecule has 2 bridgehead atoms. The molecule has 0 radical (unpaired) electrons. The zero-order chi connectivity index (χ0) is 16.4. The summed E-state index contributed by atoms with van der Waals surface area (Å²) in [7, 11) is 0. The van der Waals surface area contributed by atoms with Crippen LogP contribution in [-0.2, 0) is 14.3 Å². The van der Waals surface area contributed by atoms with Crippen molar-refractivity contribution in [3.05, 3.63) is 28.5 Å². The average Bonchev–Trinajstić information content (AvgIpc) is 3.11. The van der Waals surface area contributed by atoms with Gasteiger partial charge in [0, 0.05) is 10.9 Å². The van der Waals surface area contributed by atoms with Crippen LogP contribution in [0.15, 0.2) is 22.7 Å². The summed E-state index contributed by atoms with van der Waals surface area (Å²) < 4.78 is 19.2. The lowest BCUT2D eigenvalue weighted by atomic mass is 9.86. The van der Waals surface area contributed by atoms with E-state index in [1.807, 2.05) is 0 Å². The van der Waals surface area contributed by atoms with Gasteiger partial charge in [-0.1, -0.05) is 22.4 Å². The van der Waals surface area contributed by atoms with Crippen LogP contribution >= 0.6 is 15.9 Å². The Morgan fingerprint density at radius 1 is 1.30 bits per heavy atom. The topological polar surface area (TPSA) is 55.4 Å². The maximum absolute atomic E-state index is 13.6. The van der Waals surface area contributed by atoms with Crippen molar-refractivity contribution in [3.63, 3.8) is 0 Å². The van der Waals surface area contributed by atoms with Crippen molar-refractivity contribution in [2.24, 2.45) is 17.8 Å². The average molecular weight is 384 g/mol. The molecular formula is C17H19BrFNO3. The summed E-state index contributed by atoms with van der Waals surface area (Å²) >= 11 is 3.15. The van der Waals surface area contributed by atoms with Crippen LogP contribution in [0.25, 0.3) is 0 Å². The normalized spacial score (nSPS) is 25.4. The molecule has 2 fully saturated rings. The summed E-state index contributed by atoms with van der Waals surface area (Å²) in [6, 6.07) is 4.34. The van der Waals surface area contributed by atoms with Gasteiger partial charge in [-0.15, -0.1) is 0 Å². The molecule has 3 atom stereocenters. The molecule has 0 unspecified atom stereocenters. The number of hydrogen-bond acceptors (Lipinski definition) is 3.